The van der Waals surface area contributed by atoms with Crippen LogP contribution in [0.4, 0.5) is 0 Å². The van der Waals surface area contributed by atoms with Crippen LogP contribution in [0.25, 0.3) is 12.2 Å². The number of nitrogens with one attached hydrogen (secondary N) is 1. The van der Waals surface area contributed by atoms with Gasteiger partial charge in [-0.15, -0.1) is 0 Å². The van der Waals surface area contributed by atoms with Gasteiger partial charge in [-0.1, -0.05) is 32.1 Å². The SMILES string of the molecule is CCC1(C)C=CC=c2cn[nH]c2=C1. The predicted molar refractivity (Wildman–Crippen MR) is 54.3 cm³/mol. The lowest BCUT2D eigenvalue weighted by atomic mass is 9.87. The van der Waals surface area contributed by atoms with Crippen LogP contribution in [-0.4, -0.2) is 10.2 Å². The fourth-order valence-electron chi connectivity index (χ4n) is 1.52. The van der Waals surface area contributed by atoms with E-state index in [1.165, 1.54) is 5.22 Å². The Labute approximate surface area is 77.7 Å². The third-order valence-electron chi connectivity index (χ3n) is 2.69. The fourth-order valence-corrected chi connectivity index (χ4v) is 1.52. The molecule has 0 fully saturated rings. The Bertz CT molecular complexity index is 439. The average molecular weight is 174 g/mol. The third kappa shape index (κ3) is 1.44. The van der Waals surface area contributed by atoms with Crippen LogP contribution in [0.1, 0.15) is 20.3 Å². The van der Waals surface area contributed by atoms with Gasteiger partial charge < -0.3 is 0 Å². The minimum absolute atomic E-state index is 0.161. The number of rotatable bonds is 1. The lowest BCUT2D eigenvalue weighted by Crippen LogP contribution is -2.24. The second-order valence-electron chi connectivity index (χ2n) is 3.77. The highest BCUT2D eigenvalue weighted by atomic mass is 15.1. The summed E-state index contributed by atoms with van der Waals surface area (Å²) in [5.74, 6) is 0. The first kappa shape index (κ1) is 8.30. The van der Waals surface area contributed by atoms with E-state index in [1.54, 1.807) is 0 Å². The monoisotopic (exact) mass is 174 g/mol. The molecule has 0 bridgehead atoms. The highest BCUT2D eigenvalue weighted by Crippen LogP contribution is 2.24. The minimum Gasteiger partial charge on any atom is -0.278 e. The first-order valence-electron chi connectivity index (χ1n) is 4.65. The molecule has 0 spiro atoms. The second kappa shape index (κ2) is 2.87. The van der Waals surface area contributed by atoms with Crippen molar-refractivity contribution >= 4 is 12.2 Å². The topological polar surface area (TPSA) is 28.7 Å². The maximum atomic E-state index is 4.02. The standard InChI is InChI=1S/C11H14N2/c1-3-11(2)6-4-5-9-8-12-13-10(9)7-11/h4-8,13H,3H2,1-2H3. The molecule has 1 atom stereocenters. The number of fused-ring (bicyclic) bond motifs is 1. The molecule has 1 unspecified atom stereocenters. The summed E-state index contributed by atoms with van der Waals surface area (Å²) in [7, 11) is 0. The number of aromatic amines is 1. The van der Waals surface area contributed by atoms with E-state index in [2.05, 4.69) is 48.3 Å². The van der Waals surface area contributed by atoms with Gasteiger partial charge in [0.05, 0.1) is 11.5 Å². The van der Waals surface area contributed by atoms with Gasteiger partial charge in [-0.25, -0.2) is 0 Å². The first-order chi connectivity index (χ1) is 6.23. The van der Waals surface area contributed by atoms with E-state index >= 15 is 0 Å². The van der Waals surface area contributed by atoms with Crippen LogP contribution in [0.2, 0.25) is 0 Å². The van der Waals surface area contributed by atoms with Crippen molar-refractivity contribution in [2.75, 3.05) is 0 Å². The molecule has 1 aromatic heterocycles. The summed E-state index contributed by atoms with van der Waals surface area (Å²) in [6, 6.07) is 0. The zero-order valence-corrected chi connectivity index (χ0v) is 8.04. The van der Waals surface area contributed by atoms with Crippen molar-refractivity contribution < 1.29 is 0 Å². The van der Waals surface area contributed by atoms with Gasteiger partial charge in [0.2, 0.25) is 0 Å². The van der Waals surface area contributed by atoms with Crippen LogP contribution in [0.5, 0.6) is 0 Å². The molecular weight excluding hydrogens is 160 g/mol. The fraction of sp³-hybridized carbons (Fsp3) is 0.364. The highest BCUT2D eigenvalue weighted by molar-refractivity contribution is 5.46. The molecule has 0 amide bonds. The van der Waals surface area contributed by atoms with Crippen LogP contribution in [0, 0.1) is 5.41 Å². The predicted octanol–water partition coefficient (Wildman–Crippen LogP) is 0.957. The van der Waals surface area contributed by atoms with Crippen LogP contribution >= 0.6 is 0 Å². The highest BCUT2D eigenvalue weighted by Gasteiger charge is 2.15. The number of hydrogen-bond acceptors (Lipinski definition) is 1. The lowest BCUT2D eigenvalue weighted by Gasteiger charge is -2.17. The van der Waals surface area contributed by atoms with E-state index in [9.17, 15) is 0 Å². The minimum atomic E-state index is 0.161. The van der Waals surface area contributed by atoms with E-state index in [0.717, 1.165) is 11.8 Å². The third-order valence-corrected chi connectivity index (χ3v) is 2.69. The zero-order valence-electron chi connectivity index (χ0n) is 8.04. The number of hydrogen-bond donors (Lipinski definition) is 1. The first-order valence-corrected chi connectivity index (χ1v) is 4.65. The Morgan fingerprint density at radius 2 is 2.38 bits per heavy atom. The largest absolute Gasteiger partial charge is 0.278 e. The maximum absolute atomic E-state index is 4.02. The van der Waals surface area contributed by atoms with E-state index < -0.39 is 0 Å². The summed E-state index contributed by atoms with van der Waals surface area (Å²) < 4.78 is 0. The molecule has 0 aromatic carbocycles. The van der Waals surface area contributed by atoms with Gasteiger partial charge in [0.25, 0.3) is 0 Å². The zero-order chi connectivity index (χ0) is 9.31. The van der Waals surface area contributed by atoms with Gasteiger partial charge in [-0.3, -0.25) is 5.10 Å². The van der Waals surface area contributed by atoms with Gasteiger partial charge >= 0.3 is 0 Å². The quantitative estimate of drug-likeness (QED) is 0.675. The molecule has 0 radical (unpaired) electrons. The van der Waals surface area contributed by atoms with Crippen molar-refractivity contribution in [3.05, 3.63) is 28.9 Å². The Hall–Kier alpha value is -1.31. The van der Waals surface area contributed by atoms with E-state index in [1.807, 2.05) is 6.20 Å². The molecule has 0 saturated heterocycles. The van der Waals surface area contributed by atoms with Crippen LogP contribution in [0.15, 0.2) is 18.3 Å². The number of aromatic nitrogens is 2. The number of nitrogens with zero attached hydrogens (tertiary/aromatic N) is 1. The maximum Gasteiger partial charge on any atom is 0.0619 e. The van der Waals surface area contributed by atoms with Crippen LogP contribution in [-0.2, 0) is 0 Å². The summed E-state index contributed by atoms with van der Waals surface area (Å²) in [5.41, 5.74) is 0.161. The van der Waals surface area contributed by atoms with E-state index in [-0.39, 0.29) is 5.41 Å². The molecule has 1 aliphatic rings. The Balaban J connectivity index is 2.66. The molecular formula is C11H14N2. The summed E-state index contributed by atoms with van der Waals surface area (Å²) in [6.45, 7) is 4.43. The van der Waals surface area contributed by atoms with E-state index in [0.29, 0.717) is 0 Å². The molecule has 2 rings (SSSR count). The van der Waals surface area contributed by atoms with Crippen molar-refractivity contribution in [2.45, 2.75) is 20.3 Å². The van der Waals surface area contributed by atoms with Crippen LogP contribution < -0.4 is 10.6 Å². The molecule has 2 heteroatoms. The number of H-pyrrole nitrogens is 1. The van der Waals surface area contributed by atoms with Crippen molar-refractivity contribution in [1.82, 2.24) is 10.2 Å². The molecule has 1 N–H and O–H groups in total. The summed E-state index contributed by atoms with van der Waals surface area (Å²) in [4.78, 5) is 0. The molecule has 0 aliphatic heterocycles. The van der Waals surface area contributed by atoms with Gasteiger partial charge in [-0.2, -0.15) is 5.10 Å². The van der Waals surface area contributed by atoms with Crippen molar-refractivity contribution in [3.8, 4) is 0 Å². The second-order valence-corrected chi connectivity index (χ2v) is 3.77. The van der Waals surface area contributed by atoms with Gasteiger partial charge in [-0.05, 0) is 12.5 Å². The molecule has 1 heterocycles. The van der Waals surface area contributed by atoms with Crippen molar-refractivity contribution in [2.24, 2.45) is 5.41 Å². The average Bonchev–Trinajstić information content (AvgIpc) is 2.47. The normalized spacial score (nSPS) is 25.7. The summed E-state index contributed by atoms with van der Waals surface area (Å²) in [5, 5.41) is 9.34. The molecule has 0 saturated carbocycles. The summed E-state index contributed by atoms with van der Waals surface area (Å²) in [6.07, 6.45) is 11.7. The lowest BCUT2D eigenvalue weighted by molar-refractivity contribution is 0.565. The Morgan fingerprint density at radius 3 is 3.15 bits per heavy atom. The molecule has 2 nitrogen and oxygen atoms in total. The molecule has 1 aliphatic carbocycles. The molecule has 13 heavy (non-hydrogen) atoms. The van der Waals surface area contributed by atoms with Gasteiger partial charge in [0.15, 0.2) is 0 Å². The Morgan fingerprint density at radius 1 is 1.54 bits per heavy atom. The smallest absolute Gasteiger partial charge is 0.0619 e. The van der Waals surface area contributed by atoms with E-state index in [4.69, 9.17) is 0 Å². The van der Waals surface area contributed by atoms with Crippen molar-refractivity contribution in [1.29, 1.82) is 0 Å². The number of allylic oxidation sites excluding steroid dienone is 2. The Kier molecular flexibility index (Phi) is 1.83. The van der Waals surface area contributed by atoms with Gasteiger partial charge in [0.1, 0.15) is 0 Å². The van der Waals surface area contributed by atoms with Crippen molar-refractivity contribution in [3.63, 3.8) is 0 Å². The van der Waals surface area contributed by atoms with Gasteiger partial charge in [0, 0.05) is 10.6 Å². The van der Waals surface area contributed by atoms with Crippen LogP contribution in [0.3, 0.4) is 0 Å². The molecule has 68 valence electrons. The summed E-state index contributed by atoms with van der Waals surface area (Å²) >= 11 is 0. The molecule has 1 aromatic rings.